The topological polar surface area (TPSA) is 64.9 Å². The first-order valence-electron chi connectivity index (χ1n) is 7.45. The summed E-state index contributed by atoms with van der Waals surface area (Å²) < 4.78 is 0. The molecule has 5 heteroatoms. The second-order valence-corrected chi connectivity index (χ2v) is 5.53. The van der Waals surface area contributed by atoms with Gasteiger partial charge in [-0.15, -0.1) is 0 Å². The molecule has 23 heavy (non-hydrogen) atoms. The molecule has 118 valence electrons. The van der Waals surface area contributed by atoms with Gasteiger partial charge in [0.05, 0.1) is 16.3 Å². The normalized spacial score (nSPS) is 9.96. The Hall–Kier alpha value is -2.51. The molecule has 0 fully saturated rings. The van der Waals surface area contributed by atoms with Gasteiger partial charge < -0.3 is 10.6 Å². The van der Waals surface area contributed by atoms with Crippen LogP contribution in [-0.2, 0) is 11.3 Å². The summed E-state index contributed by atoms with van der Waals surface area (Å²) in [6, 6.07) is 14.9. The van der Waals surface area contributed by atoms with Gasteiger partial charge in [-0.1, -0.05) is 36.7 Å². The van der Waals surface area contributed by atoms with Crippen LogP contribution in [0.3, 0.4) is 0 Å². The molecule has 0 saturated heterocycles. The number of hydrogen-bond acceptors (Lipinski definition) is 3. The van der Waals surface area contributed by atoms with Crippen molar-refractivity contribution in [2.45, 2.75) is 26.3 Å². The molecular weight excluding hydrogens is 310 g/mol. The van der Waals surface area contributed by atoms with E-state index in [4.69, 9.17) is 16.9 Å². The molecule has 4 nitrogen and oxygen atoms in total. The van der Waals surface area contributed by atoms with Gasteiger partial charge in [-0.05, 0) is 36.2 Å². The third kappa shape index (κ3) is 4.73. The predicted molar refractivity (Wildman–Crippen MR) is 93.5 cm³/mol. The van der Waals surface area contributed by atoms with E-state index < -0.39 is 0 Å². The molecule has 0 bridgehead atoms. The van der Waals surface area contributed by atoms with Gasteiger partial charge in [0.25, 0.3) is 0 Å². The van der Waals surface area contributed by atoms with Gasteiger partial charge in [-0.25, -0.2) is 0 Å². The van der Waals surface area contributed by atoms with E-state index in [0.29, 0.717) is 29.2 Å². The quantitative estimate of drug-likeness (QED) is 0.817. The molecule has 0 aromatic heterocycles. The number of nitrogens with one attached hydrogen (secondary N) is 2. The second kappa shape index (κ2) is 8.21. The number of hydrogen-bond donors (Lipinski definition) is 2. The molecule has 0 saturated carbocycles. The van der Waals surface area contributed by atoms with Gasteiger partial charge >= 0.3 is 0 Å². The molecule has 1 amide bonds. The number of benzene rings is 2. The Bertz CT molecular complexity index is 737. The number of anilines is 2. The van der Waals surface area contributed by atoms with E-state index in [0.717, 1.165) is 17.7 Å². The highest BCUT2D eigenvalue weighted by Crippen LogP contribution is 2.26. The maximum absolute atomic E-state index is 11.7. The van der Waals surface area contributed by atoms with Gasteiger partial charge in [0.15, 0.2) is 0 Å². The van der Waals surface area contributed by atoms with E-state index in [1.165, 1.54) is 0 Å². The van der Waals surface area contributed by atoms with E-state index in [9.17, 15) is 4.79 Å². The summed E-state index contributed by atoms with van der Waals surface area (Å²) in [5, 5.41) is 15.7. The van der Waals surface area contributed by atoms with Crippen LogP contribution in [0.4, 0.5) is 11.4 Å². The first-order valence-corrected chi connectivity index (χ1v) is 7.83. The molecule has 0 radical (unpaired) electrons. The van der Waals surface area contributed by atoms with Crippen molar-refractivity contribution < 1.29 is 4.79 Å². The van der Waals surface area contributed by atoms with Crippen LogP contribution in [0.5, 0.6) is 0 Å². The fourth-order valence-corrected chi connectivity index (χ4v) is 2.44. The molecule has 2 aromatic rings. The van der Waals surface area contributed by atoms with Gasteiger partial charge in [0, 0.05) is 18.7 Å². The number of halogens is 1. The van der Waals surface area contributed by atoms with Crippen LogP contribution in [0, 0.1) is 11.3 Å². The number of carbonyl (C=O) groups is 1. The van der Waals surface area contributed by atoms with E-state index >= 15 is 0 Å². The monoisotopic (exact) mass is 327 g/mol. The summed E-state index contributed by atoms with van der Waals surface area (Å²) in [6.07, 6.45) is 1.32. The maximum Gasteiger partial charge on any atom is 0.224 e. The van der Waals surface area contributed by atoms with Crippen LogP contribution in [0.15, 0.2) is 42.5 Å². The highest BCUT2D eigenvalue weighted by atomic mass is 35.5. The Morgan fingerprint density at radius 1 is 1.26 bits per heavy atom. The van der Waals surface area contributed by atoms with Crippen molar-refractivity contribution in [3.8, 4) is 6.07 Å². The summed E-state index contributed by atoms with van der Waals surface area (Å²) in [6.45, 7) is 2.48. The second-order valence-electron chi connectivity index (χ2n) is 5.13. The molecule has 2 N–H and O–H groups in total. The smallest absolute Gasteiger partial charge is 0.224 e. The fourth-order valence-electron chi connectivity index (χ4n) is 2.20. The molecule has 0 aliphatic carbocycles. The van der Waals surface area contributed by atoms with Crippen molar-refractivity contribution in [2.75, 3.05) is 10.6 Å². The van der Waals surface area contributed by atoms with Crippen molar-refractivity contribution in [1.29, 1.82) is 5.26 Å². The zero-order valence-electron chi connectivity index (χ0n) is 12.9. The molecule has 2 rings (SSSR count). The van der Waals surface area contributed by atoms with Crippen molar-refractivity contribution in [1.82, 2.24) is 0 Å². The van der Waals surface area contributed by atoms with Crippen LogP contribution in [0.1, 0.15) is 30.9 Å². The minimum Gasteiger partial charge on any atom is -0.379 e. The molecule has 0 heterocycles. The largest absolute Gasteiger partial charge is 0.379 e. The fraction of sp³-hybridized carbons (Fsp3) is 0.222. The Morgan fingerprint density at radius 3 is 2.78 bits per heavy atom. The highest BCUT2D eigenvalue weighted by Gasteiger charge is 2.07. The first kappa shape index (κ1) is 16.9. The average Bonchev–Trinajstić information content (AvgIpc) is 2.54. The van der Waals surface area contributed by atoms with Crippen LogP contribution in [0.25, 0.3) is 0 Å². The number of carbonyl (C=O) groups excluding carboxylic acids is 1. The Labute approximate surface area is 141 Å². The lowest BCUT2D eigenvalue weighted by Crippen LogP contribution is -2.11. The molecule has 0 aliphatic heterocycles. The average molecular weight is 328 g/mol. The van der Waals surface area contributed by atoms with Gasteiger partial charge in [-0.2, -0.15) is 5.26 Å². The number of nitriles is 1. The Balaban J connectivity index is 2.07. The third-order valence-electron chi connectivity index (χ3n) is 3.29. The standard InChI is InChI=1S/C18H18ClN3O/c1-2-5-17(23)22-15-8-3-6-13(10-15)12-21-18-14(11-20)7-4-9-16(18)19/h3-4,6-10,21H,2,5,12H2,1H3,(H,22,23). The summed E-state index contributed by atoms with van der Waals surface area (Å²) in [5.74, 6) is 0.00970. The lowest BCUT2D eigenvalue weighted by molar-refractivity contribution is -0.116. The van der Waals surface area contributed by atoms with Crippen LogP contribution < -0.4 is 10.6 Å². The number of rotatable bonds is 6. The van der Waals surface area contributed by atoms with Crippen molar-refractivity contribution in [3.63, 3.8) is 0 Å². The number of amides is 1. The zero-order valence-corrected chi connectivity index (χ0v) is 13.7. The van der Waals surface area contributed by atoms with Crippen LogP contribution >= 0.6 is 11.6 Å². The number of nitrogens with zero attached hydrogens (tertiary/aromatic N) is 1. The minimum absolute atomic E-state index is 0.00970. The minimum atomic E-state index is 0.00970. The van der Waals surface area contributed by atoms with E-state index in [2.05, 4.69) is 16.7 Å². The van der Waals surface area contributed by atoms with Crippen molar-refractivity contribution in [3.05, 3.63) is 58.6 Å². The summed E-state index contributed by atoms with van der Waals surface area (Å²) in [5.41, 5.74) is 2.88. The van der Waals surface area contributed by atoms with Gasteiger partial charge in [-0.3, -0.25) is 4.79 Å². The molecular formula is C18H18ClN3O. The SMILES string of the molecule is CCCC(=O)Nc1cccc(CNc2c(Cl)cccc2C#N)c1. The van der Waals surface area contributed by atoms with Gasteiger partial charge in [0.2, 0.25) is 5.91 Å². The van der Waals surface area contributed by atoms with Gasteiger partial charge in [0.1, 0.15) is 6.07 Å². The van der Waals surface area contributed by atoms with Crippen LogP contribution in [0.2, 0.25) is 5.02 Å². The van der Waals surface area contributed by atoms with E-state index in [1.807, 2.05) is 31.2 Å². The summed E-state index contributed by atoms with van der Waals surface area (Å²) in [4.78, 5) is 11.7. The maximum atomic E-state index is 11.7. The molecule has 0 spiro atoms. The first-order chi connectivity index (χ1) is 11.1. The zero-order chi connectivity index (χ0) is 16.7. The number of para-hydroxylation sites is 1. The van der Waals surface area contributed by atoms with Crippen LogP contribution in [-0.4, -0.2) is 5.91 Å². The lowest BCUT2D eigenvalue weighted by atomic mass is 10.1. The predicted octanol–water partition coefficient (Wildman–Crippen LogP) is 4.56. The third-order valence-corrected chi connectivity index (χ3v) is 3.61. The van der Waals surface area contributed by atoms with E-state index in [1.54, 1.807) is 18.2 Å². The summed E-state index contributed by atoms with van der Waals surface area (Å²) >= 11 is 6.14. The Kier molecular flexibility index (Phi) is 6.02. The summed E-state index contributed by atoms with van der Waals surface area (Å²) in [7, 11) is 0. The Morgan fingerprint density at radius 2 is 2.04 bits per heavy atom. The highest BCUT2D eigenvalue weighted by molar-refractivity contribution is 6.33. The molecule has 2 aromatic carbocycles. The van der Waals surface area contributed by atoms with Crippen molar-refractivity contribution in [2.24, 2.45) is 0 Å². The lowest BCUT2D eigenvalue weighted by Gasteiger charge is -2.11. The van der Waals surface area contributed by atoms with E-state index in [-0.39, 0.29) is 5.91 Å². The molecule has 0 unspecified atom stereocenters. The van der Waals surface area contributed by atoms with Crippen molar-refractivity contribution >= 4 is 28.9 Å². The molecule has 0 atom stereocenters. The molecule has 0 aliphatic rings.